The molecule has 60 valence electrons. The summed E-state index contributed by atoms with van der Waals surface area (Å²) >= 11 is 0. The van der Waals surface area contributed by atoms with Gasteiger partial charge in [0, 0.05) is 12.2 Å². The molecule has 0 radical (unpaired) electrons. The van der Waals surface area contributed by atoms with Gasteiger partial charge in [0.15, 0.2) is 0 Å². The fourth-order valence-corrected chi connectivity index (χ4v) is 0.197. The molecular formula is C4H6Na2O6. The van der Waals surface area contributed by atoms with Crippen LogP contribution in [0.4, 0.5) is 0 Å². The zero-order chi connectivity index (χ0) is 7.98. The van der Waals surface area contributed by atoms with Crippen molar-refractivity contribution in [1.82, 2.24) is 0 Å². The molecule has 0 saturated carbocycles. The standard InChI is InChI=1S/C4H4O6.2Na.2H/c5-3(9-7)1-2-4(6)10-8;;;;/h1-2,7-8H;;;;/q;2*+1;2*-1. The van der Waals surface area contributed by atoms with E-state index < -0.39 is 11.9 Å². The van der Waals surface area contributed by atoms with Gasteiger partial charge in [0.2, 0.25) is 0 Å². The van der Waals surface area contributed by atoms with Crippen LogP contribution in [0.3, 0.4) is 0 Å². The molecular weight excluding hydrogens is 190 g/mol. The van der Waals surface area contributed by atoms with Gasteiger partial charge in [-0.2, -0.15) is 10.5 Å². The van der Waals surface area contributed by atoms with E-state index in [-0.39, 0.29) is 62.0 Å². The van der Waals surface area contributed by atoms with Gasteiger partial charge in [-0.1, -0.05) is 0 Å². The van der Waals surface area contributed by atoms with Crippen LogP contribution in [0, 0.1) is 0 Å². The Morgan fingerprint density at radius 3 is 1.42 bits per heavy atom. The largest absolute Gasteiger partial charge is 1.00 e. The molecule has 12 heavy (non-hydrogen) atoms. The molecule has 0 amide bonds. The molecule has 0 aliphatic rings. The van der Waals surface area contributed by atoms with Crippen molar-refractivity contribution in [3.8, 4) is 0 Å². The van der Waals surface area contributed by atoms with Crippen LogP contribution in [0.15, 0.2) is 12.2 Å². The smallest absolute Gasteiger partial charge is 1.00 e. The van der Waals surface area contributed by atoms with Crippen molar-refractivity contribution in [1.29, 1.82) is 0 Å². The van der Waals surface area contributed by atoms with Crippen LogP contribution in [-0.4, -0.2) is 22.5 Å². The van der Waals surface area contributed by atoms with E-state index in [1.54, 1.807) is 0 Å². The van der Waals surface area contributed by atoms with Gasteiger partial charge in [-0.25, -0.2) is 9.59 Å². The average molecular weight is 196 g/mol. The van der Waals surface area contributed by atoms with Crippen molar-refractivity contribution in [2.24, 2.45) is 0 Å². The normalized spacial score (nSPS) is 7.83. The van der Waals surface area contributed by atoms with Gasteiger partial charge in [-0.05, 0) is 0 Å². The maximum absolute atomic E-state index is 9.98. The predicted molar refractivity (Wildman–Crippen MR) is 28.8 cm³/mol. The van der Waals surface area contributed by atoms with E-state index in [0.717, 1.165) is 0 Å². The minimum absolute atomic E-state index is 0. The van der Waals surface area contributed by atoms with Crippen molar-refractivity contribution in [3.05, 3.63) is 12.2 Å². The first-order valence-electron chi connectivity index (χ1n) is 2.09. The van der Waals surface area contributed by atoms with E-state index in [4.69, 9.17) is 10.5 Å². The molecule has 8 heteroatoms. The third-order valence-corrected chi connectivity index (χ3v) is 0.535. The molecule has 0 aromatic heterocycles. The van der Waals surface area contributed by atoms with E-state index in [2.05, 4.69) is 9.78 Å². The number of carbonyl (C=O) groups is 2. The van der Waals surface area contributed by atoms with Crippen molar-refractivity contribution >= 4 is 11.9 Å². The van der Waals surface area contributed by atoms with Crippen molar-refractivity contribution in [3.63, 3.8) is 0 Å². The van der Waals surface area contributed by atoms with E-state index in [1.807, 2.05) is 0 Å². The summed E-state index contributed by atoms with van der Waals surface area (Å²) in [5.41, 5.74) is 0. The summed E-state index contributed by atoms with van der Waals surface area (Å²) in [6, 6.07) is 0. The Bertz CT molecular complexity index is 157. The molecule has 0 unspecified atom stereocenters. The molecule has 0 fully saturated rings. The summed E-state index contributed by atoms with van der Waals surface area (Å²) < 4.78 is 0. The molecule has 0 aliphatic carbocycles. The molecule has 6 nitrogen and oxygen atoms in total. The second-order valence-electron chi connectivity index (χ2n) is 1.15. The topological polar surface area (TPSA) is 93.1 Å². The maximum Gasteiger partial charge on any atom is 1.00 e. The molecule has 0 aliphatic heterocycles. The molecule has 0 spiro atoms. The summed E-state index contributed by atoms with van der Waals surface area (Å²) in [6.45, 7) is 0. The minimum Gasteiger partial charge on any atom is -1.00 e. The van der Waals surface area contributed by atoms with Gasteiger partial charge in [-0.15, -0.1) is 0 Å². The maximum atomic E-state index is 9.98. The molecule has 0 bridgehead atoms. The third kappa shape index (κ3) is 10.6. The van der Waals surface area contributed by atoms with Gasteiger partial charge in [-0.3, -0.25) is 9.78 Å². The molecule has 0 saturated heterocycles. The van der Waals surface area contributed by atoms with Gasteiger partial charge in [0.25, 0.3) is 0 Å². The number of carbonyl (C=O) groups excluding carboxylic acids is 2. The summed E-state index contributed by atoms with van der Waals surface area (Å²) in [4.78, 5) is 26.2. The fraction of sp³-hybridized carbons (Fsp3) is 0. The van der Waals surface area contributed by atoms with Crippen LogP contribution in [0.25, 0.3) is 0 Å². The van der Waals surface area contributed by atoms with E-state index in [1.165, 1.54) is 0 Å². The molecule has 0 aromatic carbocycles. The van der Waals surface area contributed by atoms with E-state index >= 15 is 0 Å². The monoisotopic (exact) mass is 196 g/mol. The Morgan fingerprint density at radius 1 is 1.00 bits per heavy atom. The van der Waals surface area contributed by atoms with Crippen LogP contribution in [-0.2, 0) is 19.4 Å². The zero-order valence-electron chi connectivity index (χ0n) is 8.68. The first-order chi connectivity index (χ1) is 4.70. The number of rotatable bonds is 2. The van der Waals surface area contributed by atoms with Crippen molar-refractivity contribution in [2.45, 2.75) is 0 Å². The average Bonchev–Trinajstić information content (AvgIpc) is 1.99. The third-order valence-electron chi connectivity index (χ3n) is 0.535. The SMILES string of the molecule is O=C(C=CC(=O)OO)OO.[H-].[H-].[Na+].[Na+]. The zero-order valence-corrected chi connectivity index (χ0v) is 10.7. The summed E-state index contributed by atoms with van der Waals surface area (Å²) in [5.74, 6) is -2.27. The molecule has 2 N–H and O–H groups in total. The Morgan fingerprint density at radius 2 is 1.25 bits per heavy atom. The van der Waals surface area contributed by atoms with Crippen LogP contribution in [0.2, 0.25) is 0 Å². The second-order valence-corrected chi connectivity index (χ2v) is 1.15. The molecule has 0 atom stereocenters. The first kappa shape index (κ1) is 18.4. The van der Waals surface area contributed by atoms with E-state index in [9.17, 15) is 9.59 Å². The van der Waals surface area contributed by atoms with Crippen LogP contribution >= 0.6 is 0 Å². The van der Waals surface area contributed by atoms with E-state index in [0.29, 0.717) is 12.2 Å². The van der Waals surface area contributed by atoms with Gasteiger partial charge >= 0.3 is 71.1 Å². The summed E-state index contributed by atoms with van der Waals surface area (Å²) in [5, 5.41) is 15.2. The Labute approximate surface area is 115 Å². The van der Waals surface area contributed by atoms with Crippen LogP contribution in [0.1, 0.15) is 2.85 Å². The summed E-state index contributed by atoms with van der Waals surface area (Å²) in [7, 11) is 0. The molecule has 0 rings (SSSR count). The minimum atomic E-state index is -1.13. The Balaban J connectivity index is -0.0000000675. The quantitative estimate of drug-likeness (QED) is 0.197. The predicted octanol–water partition coefficient (Wildman–Crippen LogP) is -6.19. The summed E-state index contributed by atoms with van der Waals surface area (Å²) in [6.07, 6.45) is 1.16. The van der Waals surface area contributed by atoms with Crippen molar-refractivity contribution < 1.29 is 91.8 Å². The van der Waals surface area contributed by atoms with Crippen LogP contribution < -0.4 is 59.1 Å². The van der Waals surface area contributed by atoms with Gasteiger partial charge in [0.05, 0.1) is 0 Å². The fourth-order valence-electron chi connectivity index (χ4n) is 0.197. The molecule has 0 heterocycles. The van der Waals surface area contributed by atoms with Crippen molar-refractivity contribution in [2.75, 3.05) is 0 Å². The number of hydrogen-bond acceptors (Lipinski definition) is 6. The van der Waals surface area contributed by atoms with Crippen LogP contribution in [0.5, 0.6) is 0 Å². The van der Waals surface area contributed by atoms with Gasteiger partial charge in [0.1, 0.15) is 0 Å². The Hall–Kier alpha value is 0.600. The number of hydrogen-bond donors (Lipinski definition) is 2. The second kappa shape index (κ2) is 11.6. The molecule has 0 aromatic rings. The Kier molecular flexibility index (Phi) is 17.8. The van der Waals surface area contributed by atoms with Gasteiger partial charge < -0.3 is 2.85 Å². The first-order valence-corrected chi connectivity index (χ1v) is 2.09.